The number of halogens is 1. The van der Waals surface area contributed by atoms with E-state index in [0.717, 1.165) is 17.6 Å². The zero-order valence-electron chi connectivity index (χ0n) is 9.53. The molecule has 1 fully saturated rings. The Morgan fingerprint density at radius 1 is 1.56 bits per heavy atom. The standard InChI is InChI=1S/C12H17BrN2O/c1-16-9-12-3-2-4-15(12)8-10-5-11(13)7-14-6-10/h5-7,12H,2-4,8-9H2,1H3/t12-/m0/s1. The van der Waals surface area contributed by atoms with Gasteiger partial charge in [-0.3, -0.25) is 9.88 Å². The first-order valence-electron chi connectivity index (χ1n) is 5.62. The van der Waals surface area contributed by atoms with Gasteiger partial charge in [0.25, 0.3) is 0 Å². The minimum absolute atomic E-state index is 0.573. The molecule has 1 atom stereocenters. The molecule has 0 saturated carbocycles. The fraction of sp³-hybridized carbons (Fsp3) is 0.583. The lowest BCUT2D eigenvalue weighted by Gasteiger charge is -2.23. The first-order chi connectivity index (χ1) is 7.79. The Morgan fingerprint density at radius 3 is 3.19 bits per heavy atom. The van der Waals surface area contributed by atoms with Crippen molar-refractivity contribution in [1.29, 1.82) is 0 Å². The molecule has 0 aromatic carbocycles. The van der Waals surface area contributed by atoms with Gasteiger partial charge in [-0.2, -0.15) is 0 Å². The largest absolute Gasteiger partial charge is 0.383 e. The van der Waals surface area contributed by atoms with Gasteiger partial charge in [0.05, 0.1) is 6.61 Å². The van der Waals surface area contributed by atoms with Crippen molar-refractivity contribution in [3.8, 4) is 0 Å². The molecular formula is C12H17BrN2O. The average molecular weight is 285 g/mol. The van der Waals surface area contributed by atoms with Crippen LogP contribution in [0.5, 0.6) is 0 Å². The quantitative estimate of drug-likeness (QED) is 0.849. The van der Waals surface area contributed by atoms with Crippen molar-refractivity contribution < 1.29 is 4.74 Å². The molecule has 0 unspecified atom stereocenters. The van der Waals surface area contributed by atoms with Gasteiger partial charge in [-0.25, -0.2) is 0 Å². The van der Waals surface area contributed by atoms with Crippen LogP contribution in [0.25, 0.3) is 0 Å². The molecule has 1 aliphatic rings. The molecule has 3 nitrogen and oxygen atoms in total. The second kappa shape index (κ2) is 5.75. The molecule has 0 radical (unpaired) electrons. The average Bonchev–Trinajstić information content (AvgIpc) is 2.66. The van der Waals surface area contributed by atoms with Gasteiger partial charge in [0.2, 0.25) is 0 Å². The van der Waals surface area contributed by atoms with Gasteiger partial charge < -0.3 is 4.74 Å². The number of nitrogens with zero attached hydrogens (tertiary/aromatic N) is 2. The Hall–Kier alpha value is -0.450. The van der Waals surface area contributed by atoms with Crippen LogP contribution in [0, 0.1) is 0 Å². The van der Waals surface area contributed by atoms with Crippen LogP contribution in [0.1, 0.15) is 18.4 Å². The summed E-state index contributed by atoms with van der Waals surface area (Å²) in [5.74, 6) is 0. The van der Waals surface area contributed by atoms with E-state index in [-0.39, 0.29) is 0 Å². The molecule has 0 N–H and O–H groups in total. The highest BCUT2D eigenvalue weighted by Gasteiger charge is 2.24. The zero-order valence-corrected chi connectivity index (χ0v) is 11.1. The minimum atomic E-state index is 0.573. The monoisotopic (exact) mass is 284 g/mol. The van der Waals surface area contributed by atoms with Gasteiger partial charge in [-0.15, -0.1) is 0 Å². The highest BCUT2D eigenvalue weighted by atomic mass is 79.9. The summed E-state index contributed by atoms with van der Waals surface area (Å²) in [6.45, 7) is 2.97. The molecule has 16 heavy (non-hydrogen) atoms. The van der Waals surface area contributed by atoms with Crippen molar-refractivity contribution >= 4 is 15.9 Å². The normalized spacial score (nSPS) is 21.5. The van der Waals surface area contributed by atoms with E-state index in [1.165, 1.54) is 24.9 Å². The van der Waals surface area contributed by atoms with E-state index in [2.05, 4.69) is 31.9 Å². The van der Waals surface area contributed by atoms with E-state index < -0.39 is 0 Å². The second-order valence-corrected chi connectivity index (χ2v) is 5.15. The van der Waals surface area contributed by atoms with Gasteiger partial charge >= 0.3 is 0 Å². The van der Waals surface area contributed by atoms with Crippen molar-refractivity contribution in [3.63, 3.8) is 0 Å². The Morgan fingerprint density at radius 2 is 2.44 bits per heavy atom. The predicted octanol–water partition coefficient (Wildman–Crippen LogP) is 2.45. The van der Waals surface area contributed by atoms with Crippen LogP contribution in [0.2, 0.25) is 0 Å². The first-order valence-corrected chi connectivity index (χ1v) is 6.41. The molecule has 0 aliphatic carbocycles. The fourth-order valence-electron chi connectivity index (χ4n) is 2.26. The third kappa shape index (κ3) is 3.03. The lowest BCUT2D eigenvalue weighted by Crippen LogP contribution is -2.32. The maximum atomic E-state index is 5.25. The Kier molecular flexibility index (Phi) is 4.32. The van der Waals surface area contributed by atoms with Crippen LogP contribution >= 0.6 is 15.9 Å². The summed E-state index contributed by atoms with van der Waals surface area (Å²) in [7, 11) is 1.77. The number of pyridine rings is 1. The summed E-state index contributed by atoms with van der Waals surface area (Å²) in [5, 5.41) is 0. The Labute approximate surface area is 105 Å². The van der Waals surface area contributed by atoms with E-state index >= 15 is 0 Å². The van der Waals surface area contributed by atoms with Crippen molar-refractivity contribution in [3.05, 3.63) is 28.5 Å². The van der Waals surface area contributed by atoms with E-state index in [4.69, 9.17) is 4.74 Å². The second-order valence-electron chi connectivity index (χ2n) is 4.23. The van der Waals surface area contributed by atoms with E-state index in [9.17, 15) is 0 Å². The molecule has 1 aliphatic heterocycles. The summed E-state index contributed by atoms with van der Waals surface area (Å²) in [6, 6.07) is 2.71. The van der Waals surface area contributed by atoms with Crippen molar-refractivity contribution in [1.82, 2.24) is 9.88 Å². The van der Waals surface area contributed by atoms with E-state index in [1.54, 1.807) is 7.11 Å². The molecule has 0 amide bonds. The number of rotatable bonds is 4. The molecule has 4 heteroatoms. The number of likely N-dealkylation sites (tertiary alicyclic amines) is 1. The summed E-state index contributed by atoms with van der Waals surface area (Å²) in [4.78, 5) is 6.67. The van der Waals surface area contributed by atoms with Gasteiger partial charge in [-0.1, -0.05) is 0 Å². The van der Waals surface area contributed by atoms with E-state index in [0.29, 0.717) is 6.04 Å². The summed E-state index contributed by atoms with van der Waals surface area (Å²) < 4.78 is 6.30. The SMILES string of the molecule is COC[C@@H]1CCCN1Cc1cncc(Br)c1. The summed E-state index contributed by atoms with van der Waals surface area (Å²) in [5.41, 5.74) is 1.26. The van der Waals surface area contributed by atoms with Crippen molar-refractivity contribution in [2.45, 2.75) is 25.4 Å². The lowest BCUT2D eigenvalue weighted by molar-refractivity contribution is 0.112. The predicted molar refractivity (Wildman–Crippen MR) is 67.2 cm³/mol. The number of hydrogen-bond donors (Lipinski definition) is 0. The molecule has 2 heterocycles. The molecule has 2 rings (SSSR count). The number of ether oxygens (including phenoxy) is 1. The van der Waals surface area contributed by atoms with Gasteiger partial charge in [0.15, 0.2) is 0 Å². The molecule has 0 spiro atoms. The number of methoxy groups -OCH3 is 1. The highest BCUT2D eigenvalue weighted by molar-refractivity contribution is 9.10. The molecule has 1 aromatic rings. The Balaban J connectivity index is 1.98. The smallest absolute Gasteiger partial charge is 0.0618 e. The maximum Gasteiger partial charge on any atom is 0.0618 e. The van der Waals surface area contributed by atoms with Gasteiger partial charge in [0, 0.05) is 36.6 Å². The minimum Gasteiger partial charge on any atom is -0.383 e. The van der Waals surface area contributed by atoms with Crippen LogP contribution in [0.3, 0.4) is 0 Å². The van der Waals surface area contributed by atoms with Gasteiger partial charge in [-0.05, 0) is 46.9 Å². The summed E-state index contributed by atoms with van der Waals surface area (Å²) >= 11 is 3.45. The molecular weight excluding hydrogens is 268 g/mol. The Bertz CT molecular complexity index is 346. The van der Waals surface area contributed by atoms with Gasteiger partial charge in [0.1, 0.15) is 0 Å². The number of hydrogen-bond acceptors (Lipinski definition) is 3. The molecule has 88 valence electrons. The van der Waals surface area contributed by atoms with Crippen LogP contribution < -0.4 is 0 Å². The zero-order chi connectivity index (χ0) is 11.4. The third-order valence-corrected chi connectivity index (χ3v) is 3.44. The maximum absolute atomic E-state index is 5.25. The summed E-state index contributed by atoms with van der Waals surface area (Å²) in [6.07, 6.45) is 6.28. The first kappa shape index (κ1) is 12.0. The van der Waals surface area contributed by atoms with Crippen molar-refractivity contribution in [2.75, 3.05) is 20.3 Å². The van der Waals surface area contributed by atoms with Crippen LogP contribution in [0.4, 0.5) is 0 Å². The fourth-order valence-corrected chi connectivity index (χ4v) is 2.67. The van der Waals surface area contributed by atoms with Crippen LogP contribution in [-0.2, 0) is 11.3 Å². The highest BCUT2D eigenvalue weighted by Crippen LogP contribution is 2.21. The van der Waals surface area contributed by atoms with Crippen LogP contribution in [-0.4, -0.2) is 36.2 Å². The molecule has 1 saturated heterocycles. The number of aromatic nitrogens is 1. The van der Waals surface area contributed by atoms with Crippen molar-refractivity contribution in [2.24, 2.45) is 0 Å². The van der Waals surface area contributed by atoms with E-state index in [1.807, 2.05) is 12.4 Å². The topological polar surface area (TPSA) is 25.4 Å². The van der Waals surface area contributed by atoms with Crippen LogP contribution in [0.15, 0.2) is 22.9 Å². The lowest BCUT2D eigenvalue weighted by atomic mass is 10.2. The molecule has 0 bridgehead atoms. The molecule has 1 aromatic heterocycles. The third-order valence-electron chi connectivity index (χ3n) is 3.01.